The minimum atomic E-state index is -0.222. The third-order valence-electron chi connectivity index (χ3n) is 2.56. The summed E-state index contributed by atoms with van der Waals surface area (Å²) in [6.07, 6.45) is 3.24. The van der Waals surface area contributed by atoms with Gasteiger partial charge in [-0.1, -0.05) is 0 Å². The quantitative estimate of drug-likeness (QED) is 0.341. The lowest BCUT2D eigenvalue weighted by atomic mass is 10.1. The highest BCUT2D eigenvalue weighted by Crippen LogP contribution is 1.97. The van der Waals surface area contributed by atoms with Gasteiger partial charge in [0.2, 0.25) is 5.91 Å². The molecule has 1 amide bonds. The van der Waals surface area contributed by atoms with E-state index in [1.807, 2.05) is 27.7 Å². The van der Waals surface area contributed by atoms with Gasteiger partial charge in [-0.2, -0.15) is 0 Å². The molecule has 0 aliphatic rings. The third-order valence-corrected chi connectivity index (χ3v) is 2.56. The van der Waals surface area contributed by atoms with Crippen LogP contribution in [0.3, 0.4) is 0 Å². The molecule has 0 aliphatic carbocycles. The van der Waals surface area contributed by atoms with E-state index in [2.05, 4.69) is 20.9 Å². The number of hydrogen-bond donors (Lipinski definition) is 3. The molecule has 0 atom stereocenters. The fourth-order valence-electron chi connectivity index (χ4n) is 1.71. The Labute approximate surface area is 129 Å². The molecule has 0 aromatic rings. The lowest BCUT2D eigenvalue weighted by molar-refractivity contribution is -0.121. The fourth-order valence-corrected chi connectivity index (χ4v) is 1.71. The first-order chi connectivity index (χ1) is 9.89. The average molecular weight is 300 g/mol. The highest BCUT2D eigenvalue weighted by atomic mass is 16.5. The summed E-state index contributed by atoms with van der Waals surface area (Å²) in [6.45, 7) is 10.4. The van der Waals surface area contributed by atoms with E-state index in [0.29, 0.717) is 5.96 Å². The summed E-state index contributed by atoms with van der Waals surface area (Å²) in [5, 5.41) is 9.26. The van der Waals surface area contributed by atoms with E-state index in [0.717, 1.165) is 39.0 Å². The van der Waals surface area contributed by atoms with Crippen LogP contribution >= 0.6 is 0 Å². The van der Waals surface area contributed by atoms with Gasteiger partial charge in [-0.15, -0.1) is 0 Å². The van der Waals surface area contributed by atoms with E-state index in [9.17, 15) is 4.79 Å². The molecule has 6 nitrogen and oxygen atoms in total. The van der Waals surface area contributed by atoms with E-state index in [1.165, 1.54) is 0 Å². The van der Waals surface area contributed by atoms with Crippen LogP contribution in [0, 0.1) is 0 Å². The van der Waals surface area contributed by atoms with Gasteiger partial charge in [0.15, 0.2) is 5.96 Å². The van der Waals surface area contributed by atoms with Gasteiger partial charge in [-0.3, -0.25) is 4.79 Å². The molecule has 0 heterocycles. The highest BCUT2D eigenvalue weighted by Gasteiger charge is 2.13. The molecule has 0 aliphatic heterocycles. The molecule has 0 bridgehead atoms. The Bertz CT molecular complexity index is 311. The molecule has 21 heavy (non-hydrogen) atoms. The highest BCUT2D eigenvalue weighted by molar-refractivity contribution is 5.85. The van der Waals surface area contributed by atoms with Crippen molar-refractivity contribution in [3.63, 3.8) is 0 Å². The van der Waals surface area contributed by atoms with E-state index >= 15 is 0 Å². The second kappa shape index (κ2) is 11.4. The first kappa shape index (κ1) is 19.7. The molecule has 6 heteroatoms. The number of aliphatic imine (C=N–C) groups is 1. The molecule has 3 N–H and O–H groups in total. The van der Waals surface area contributed by atoms with Gasteiger partial charge >= 0.3 is 0 Å². The van der Waals surface area contributed by atoms with E-state index in [4.69, 9.17) is 4.74 Å². The zero-order valence-corrected chi connectivity index (χ0v) is 14.2. The van der Waals surface area contributed by atoms with Crippen LogP contribution in [0.15, 0.2) is 4.99 Å². The number of nitrogens with one attached hydrogen (secondary N) is 3. The zero-order chi connectivity index (χ0) is 16.1. The number of rotatable bonds is 9. The van der Waals surface area contributed by atoms with Crippen LogP contribution in [0.4, 0.5) is 0 Å². The van der Waals surface area contributed by atoms with Crippen LogP contribution in [0.1, 0.15) is 47.0 Å². The Morgan fingerprint density at radius 2 is 1.86 bits per heavy atom. The van der Waals surface area contributed by atoms with Crippen molar-refractivity contribution in [2.24, 2.45) is 4.99 Å². The summed E-state index contributed by atoms with van der Waals surface area (Å²) in [4.78, 5) is 16.0. The minimum Gasteiger partial charge on any atom is -0.385 e. The molecule has 0 saturated carbocycles. The van der Waals surface area contributed by atoms with Crippen LogP contribution < -0.4 is 16.0 Å². The first-order valence-corrected chi connectivity index (χ1v) is 7.71. The molecule has 0 saturated heterocycles. The number of amides is 1. The van der Waals surface area contributed by atoms with Crippen molar-refractivity contribution in [3.05, 3.63) is 0 Å². The van der Waals surface area contributed by atoms with Crippen molar-refractivity contribution in [1.29, 1.82) is 0 Å². The van der Waals surface area contributed by atoms with E-state index < -0.39 is 0 Å². The molecule has 0 fully saturated rings. The van der Waals surface area contributed by atoms with Crippen molar-refractivity contribution < 1.29 is 9.53 Å². The van der Waals surface area contributed by atoms with Gasteiger partial charge in [-0.25, -0.2) is 4.99 Å². The lowest BCUT2D eigenvalue weighted by Crippen LogP contribution is -2.43. The third kappa shape index (κ3) is 13.4. The number of guanidine groups is 1. The van der Waals surface area contributed by atoms with Crippen molar-refractivity contribution >= 4 is 11.9 Å². The molecule has 0 aromatic carbocycles. The molecule has 0 radical (unpaired) electrons. The molecule has 0 unspecified atom stereocenters. The molecular formula is C15H32N4O2. The fraction of sp³-hybridized carbons (Fsp3) is 0.867. The molecular weight excluding hydrogens is 268 g/mol. The smallest absolute Gasteiger partial charge is 0.242 e. The standard InChI is InChI=1S/C15H32N4O2/c1-6-16-14(17-10-8-7-9-11-21-5)18-12-13(20)19-15(2,3)4/h6-12H2,1-5H3,(H,19,20)(H2,16,17,18). The van der Waals surface area contributed by atoms with Crippen molar-refractivity contribution in [1.82, 2.24) is 16.0 Å². The predicted molar refractivity (Wildman–Crippen MR) is 87.6 cm³/mol. The number of ether oxygens (including phenoxy) is 1. The number of carbonyl (C=O) groups is 1. The maximum absolute atomic E-state index is 11.7. The van der Waals surface area contributed by atoms with Crippen LogP contribution in [-0.2, 0) is 9.53 Å². The summed E-state index contributed by atoms with van der Waals surface area (Å²) >= 11 is 0. The lowest BCUT2D eigenvalue weighted by Gasteiger charge is -2.20. The number of unbranched alkanes of at least 4 members (excludes halogenated alkanes) is 2. The van der Waals surface area contributed by atoms with Crippen molar-refractivity contribution in [2.75, 3.05) is 33.4 Å². The van der Waals surface area contributed by atoms with Gasteiger partial charge in [0.25, 0.3) is 0 Å². The summed E-state index contributed by atoms with van der Waals surface area (Å²) < 4.78 is 5.01. The summed E-state index contributed by atoms with van der Waals surface area (Å²) in [5.74, 6) is 0.619. The monoisotopic (exact) mass is 300 g/mol. The second-order valence-corrected chi connectivity index (χ2v) is 5.97. The van der Waals surface area contributed by atoms with E-state index in [-0.39, 0.29) is 18.0 Å². The normalized spacial score (nSPS) is 12.1. The first-order valence-electron chi connectivity index (χ1n) is 7.71. The molecule has 0 rings (SSSR count). The number of methoxy groups -OCH3 is 1. The van der Waals surface area contributed by atoms with Crippen LogP contribution in [0.2, 0.25) is 0 Å². The van der Waals surface area contributed by atoms with Crippen molar-refractivity contribution in [2.45, 2.75) is 52.5 Å². The Balaban J connectivity index is 4.04. The van der Waals surface area contributed by atoms with Gasteiger partial charge in [0, 0.05) is 32.3 Å². The summed E-state index contributed by atoms with van der Waals surface area (Å²) in [6, 6.07) is 0. The molecule has 0 spiro atoms. The van der Waals surface area contributed by atoms with E-state index in [1.54, 1.807) is 7.11 Å². The number of nitrogens with zero attached hydrogens (tertiary/aromatic N) is 1. The Kier molecular flexibility index (Phi) is 10.7. The predicted octanol–water partition coefficient (Wildman–Crippen LogP) is 1.27. The second-order valence-electron chi connectivity index (χ2n) is 5.97. The average Bonchev–Trinajstić information content (AvgIpc) is 2.37. The number of hydrogen-bond acceptors (Lipinski definition) is 3. The Morgan fingerprint density at radius 1 is 1.14 bits per heavy atom. The van der Waals surface area contributed by atoms with Crippen LogP contribution in [0.25, 0.3) is 0 Å². The van der Waals surface area contributed by atoms with Gasteiger partial charge in [0.05, 0.1) is 0 Å². The van der Waals surface area contributed by atoms with Gasteiger partial charge < -0.3 is 20.7 Å². The Hall–Kier alpha value is -1.30. The van der Waals surface area contributed by atoms with Crippen molar-refractivity contribution in [3.8, 4) is 0 Å². The summed E-state index contributed by atoms with van der Waals surface area (Å²) in [7, 11) is 1.72. The zero-order valence-electron chi connectivity index (χ0n) is 14.2. The maximum Gasteiger partial charge on any atom is 0.242 e. The minimum absolute atomic E-state index is 0.0696. The summed E-state index contributed by atoms with van der Waals surface area (Å²) in [5.41, 5.74) is -0.222. The van der Waals surface area contributed by atoms with Gasteiger partial charge in [0.1, 0.15) is 6.54 Å². The van der Waals surface area contributed by atoms with Gasteiger partial charge in [-0.05, 0) is 47.0 Å². The Morgan fingerprint density at radius 3 is 2.43 bits per heavy atom. The molecule has 0 aromatic heterocycles. The topological polar surface area (TPSA) is 74.8 Å². The maximum atomic E-state index is 11.7. The number of carbonyl (C=O) groups excluding carboxylic acids is 1. The SMILES string of the molecule is CCNC(=NCC(=O)NC(C)(C)C)NCCCCCOC. The van der Waals surface area contributed by atoms with Crippen LogP contribution in [-0.4, -0.2) is 50.8 Å². The van der Waals surface area contributed by atoms with Crippen LogP contribution in [0.5, 0.6) is 0 Å². The largest absolute Gasteiger partial charge is 0.385 e. The molecule has 124 valence electrons.